The van der Waals surface area contributed by atoms with Gasteiger partial charge >= 0.3 is 0 Å². The number of ether oxygens (including phenoxy) is 1. The minimum absolute atomic E-state index is 0.338. The van der Waals surface area contributed by atoms with Crippen molar-refractivity contribution >= 4 is 0 Å². The Labute approximate surface area is 123 Å². The molecule has 1 fully saturated rings. The third-order valence-electron chi connectivity index (χ3n) is 4.30. The van der Waals surface area contributed by atoms with Crippen molar-refractivity contribution in [1.29, 1.82) is 0 Å². The van der Waals surface area contributed by atoms with Gasteiger partial charge in [0, 0.05) is 6.04 Å². The summed E-state index contributed by atoms with van der Waals surface area (Å²) in [4.78, 5) is 0. The van der Waals surface area contributed by atoms with Gasteiger partial charge in [0.15, 0.2) is 0 Å². The summed E-state index contributed by atoms with van der Waals surface area (Å²) in [7, 11) is 0. The summed E-state index contributed by atoms with van der Waals surface area (Å²) in [5.74, 6) is 0. The van der Waals surface area contributed by atoms with E-state index in [0.717, 1.165) is 19.6 Å². The molecule has 1 saturated carbocycles. The number of nitrogens with one attached hydrogen (secondary N) is 1. The predicted octanol–water partition coefficient (Wildman–Crippen LogP) is 4.15. The first-order valence-electron chi connectivity index (χ1n) is 7.99. The molecule has 0 aromatic heterocycles. The van der Waals surface area contributed by atoms with Crippen LogP contribution in [-0.2, 0) is 11.3 Å². The molecule has 0 amide bonds. The third-order valence-corrected chi connectivity index (χ3v) is 4.30. The van der Waals surface area contributed by atoms with Crippen molar-refractivity contribution < 1.29 is 4.74 Å². The molecule has 2 unspecified atom stereocenters. The van der Waals surface area contributed by atoms with Gasteiger partial charge in [-0.15, -0.1) is 0 Å². The van der Waals surface area contributed by atoms with Gasteiger partial charge in [-0.25, -0.2) is 0 Å². The maximum atomic E-state index is 6.25. The average molecular weight is 275 g/mol. The molecular formula is C18H29NO. The second-order valence-electron chi connectivity index (χ2n) is 6.80. The van der Waals surface area contributed by atoms with Crippen LogP contribution >= 0.6 is 0 Å². The van der Waals surface area contributed by atoms with E-state index in [-0.39, 0.29) is 0 Å². The van der Waals surface area contributed by atoms with Gasteiger partial charge in [0.1, 0.15) is 0 Å². The van der Waals surface area contributed by atoms with Crippen LogP contribution in [0.3, 0.4) is 0 Å². The van der Waals surface area contributed by atoms with Crippen molar-refractivity contribution in [2.75, 3.05) is 6.54 Å². The van der Waals surface area contributed by atoms with E-state index < -0.39 is 0 Å². The van der Waals surface area contributed by atoms with Gasteiger partial charge in [-0.1, -0.05) is 51.1 Å². The van der Waals surface area contributed by atoms with Crippen LogP contribution in [0.1, 0.15) is 52.0 Å². The van der Waals surface area contributed by atoms with Gasteiger partial charge in [0.05, 0.1) is 12.7 Å². The van der Waals surface area contributed by atoms with Gasteiger partial charge in [-0.2, -0.15) is 0 Å². The van der Waals surface area contributed by atoms with Crippen LogP contribution in [0.25, 0.3) is 0 Å². The lowest BCUT2D eigenvalue weighted by molar-refractivity contribution is -0.0370. The summed E-state index contributed by atoms with van der Waals surface area (Å²) in [6, 6.07) is 11.0. The first kappa shape index (κ1) is 15.5. The van der Waals surface area contributed by atoms with Crippen LogP contribution in [0.2, 0.25) is 0 Å². The maximum absolute atomic E-state index is 6.25. The van der Waals surface area contributed by atoms with Crippen LogP contribution in [-0.4, -0.2) is 18.7 Å². The highest BCUT2D eigenvalue weighted by atomic mass is 16.5. The van der Waals surface area contributed by atoms with Crippen LogP contribution in [0.5, 0.6) is 0 Å². The van der Waals surface area contributed by atoms with Gasteiger partial charge in [0.2, 0.25) is 0 Å². The smallest absolute Gasteiger partial charge is 0.0737 e. The lowest BCUT2D eigenvalue weighted by Gasteiger charge is -2.41. The van der Waals surface area contributed by atoms with Crippen molar-refractivity contribution in [2.45, 2.75) is 65.2 Å². The highest BCUT2D eigenvalue weighted by Crippen LogP contribution is 2.37. The molecule has 1 aromatic carbocycles. The summed E-state index contributed by atoms with van der Waals surface area (Å²) in [6.45, 7) is 8.77. The van der Waals surface area contributed by atoms with E-state index in [1.807, 2.05) is 0 Å². The monoisotopic (exact) mass is 275 g/mol. The molecule has 112 valence electrons. The quantitative estimate of drug-likeness (QED) is 0.842. The topological polar surface area (TPSA) is 21.3 Å². The highest BCUT2D eigenvalue weighted by molar-refractivity contribution is 5.13. The normalized spacial score (nSPS) is 25.6. The van der Waals surface area contributed by atoms with E-state index in [4.69, 9.17) is 4.74 Å². The first-order chi connectivity index (χ1) is 9.61. The molecule has 0 saturated heterocycles. The Kier molecular flexibility index (Phi) is 5.62. The third kappa shape index (κ3) is 4.60. The standard InChI is InChI=1S/C18H29NO/c1-4-12-19-16-10-11-18(2,3)13-17(16)20-14-15-8-6-5-7-9-15/h5-9,16-17,19H,4,10-14H2,1-3H3. The van der Waals surface area contributed by atoms with Crippen LogP contribution in [0, 0.1) is 5.41 Å². The Hall–Kier alpha value is -0.860. The summed E-state index contributed by atoms with van der Waals surface area (Å²) < 4.78 is 6.25. The molecule has 2 rings (SSSR count). The van der Waals surface area contributed by atoms with E-state index in [0.29, 0.717) is 17.6 Å². The van der Waals surface area contributed by atoms with E-state index in [1.54, 1.807) is 0 Å². The summed E-state index contributed by atoms with van der Waals surface area (Å²) in [6.07, 6.45) is 5.20. The Morgan fingerprint density at radius 3 is 2.70 bits per heavy atom. The SMILES string of the molecule is CCCNC1CCC(C)(C)CC1OCc1ccccc1. The van der Waals surface area contributed by atoms with E-state index in [9.17, 15) is 0 Å². The first-order valence-corrected chi connectivity index (χ1v) is 7.99. The molecule has 20 heavy (non-hydrogen) atoms. The van der Waals surface area contributed by atoms with Crippen molar-refractivity contribution in [3.8, 4) is 0 Å². The molecule has 0 heterocycles. The number of hydrogen-bond donors (Lipinski definition) is 1. The van der Waals surface area contributed by atoms with E-state index >= 15 is 0 Å². The molecule has 1 N–H and O–H groups in total. The minimum atomic E-state index is 0.338. The molecule has 0 spiro atoms. The molecular weight excluding hydrogens is 246 g/mol. The zero-order valence-electron chi connectivity index (χ0n) is 13.2. The molecule has 2 atom stereocenters. The van der Waals surface area contributed by atoms with Crippen molar-refractivity contribution in [3.05, 3.63) is 35.9 Å². The number of benzene rings is 1. The summed E-state index contributed by atoms with van der Waals surface area (Å²) in [5.41, 5.74) is 1.68. The lowest BCUT2D eigenvalue weighted by Crippen LogP contribution is -2.47. The summed E-state index contributed by atoms with van der Waals surface area (Å²) in [5, 5.41) is 3.67. The largest absolute Gasteiger partial charge is 0.372 e. The summed E-state index contributed by atoms with van der Waals surface area (Å²) >= 11 is 0. The molecule has 0 radical (unpaired) electrons. The fraction of sp³-hybridized carbons (Fsp3) is 0.667. The van der Waals surface area contributed by atoms with Gasteiger partial charge < -0.3 is 10.1 Å². The Morgan fingerprint density at radius 2 is 2.00 bits per heavy atom. The molecule has 1 aliphatic carbocycles. The van der Waals surface area contributed by atoms with E-state index in [1.165, 1.54) is 24.8 Å². The molecule has 0 bridgehead atoms. The van der Waals surface area contributed by atoms with Gasteiger partial charge in [-0.3, -0.25) is 0 Å². The minimum Gasteiger partial charge on any atom is -0.372 e. The highest BCUT2D eigenvalue weighted by Gasteiger charge is 2.35. The van der Waals surface area contributed by atoms with Gasteiger partial charge in [-0.05, 0) is 43.2 Å². The Balaban J connectivity index is 1.92. The fourth-order valence-electron chi connectivity index (χ4n) is 3.04. The Morgan fingerprint density at radius 1 is 1.25 bits per heavy atom. The van der Waals surface area contributed by atoms with Crippen molar-refractivity contribution in [2.24, 2.45) is 5.41 Å². The van der Waals surface area contributed by atoms with Gasteiger partial charge in [0.25, 0.3) is 0 Å². The fourth-order valence-corrected chi connectivity index (χ4v) is 3.04. The van der Waals surface area contributed by atoms with Crippen LogP contribution in [0.15, 0.2) is 30.3 Å². The number of hydrogen-bond acceptors (Lipinski definition) is 2. The van der Waals surface area contributed by atoms with Crippen molar-refractivity contribution in [1.82, 2.24) is 5.32 Å². The maximum Gasteiger partial charge on any atom is 0.0737 e. The van der Waals surface area contributed by atoms with Crippen LogP contribution in [0.4, 0.5) is 0 Å². The zero-order chi connectivity index (χ0) is 14.4. The van der Waals surface area contributed by atoms with Crippen LogP contribution < -0.4 is 5.32 Å². The predicted molar refractivity (Wildman–Crippen MR) is 84.7 cm³/mol. The zero-order valence-corrected chi connectivity index (χ0v) is 13.2. The molecule has 0 aliphatic heterocycles. The molecule has 1 aromatic rings. The second kappa shape index (κ2) is 7.24. The average Bonchev–Trinajstić information content (AvgIpc) is 2.44. The Bertz CT molecular complexity index is 388. The molecule has 2 heteroatoms. The number of rotatable bonds is 6. The lowest BCUT2D eigenvalue weighted by atomic mass is 9.74. The van der Waals surface area contributed by atoms with Crippen molar-refractivity contribution in [3.63, 3.8) is 0 Å². The molecule has 1 aliphatic rings. The van der Waals surface area contributed by atoms with E-state index in [2.05, 4.69) is 56.4 Å². The molecule has 2 nitrogen and oxygen atoms in total. The second-order valence-corrected chi connectivity index (χ2v) is 6.80.